The molecule has 2 aliphatic carbocycles. The number of benzene rings is 1. The maximum atomic E-state index is 14.5. The predicted molar refractivity (Wildman–Crippen MR) is 93.9 cm³/mol. The molecule has 0 aromatic heterocycles. The lowest BCUT2D eigenvalue weighted by Crippen LogP contribution is -2.44. The number of halogens is 4. The summed E-state index contributed by atoms with van der Waals surface area (Å²) in [5, 5.41) is 0. The quantitative estimate of drug-likeness (QED) is 0.606. The molecule has 3 nitrogen and oxygen atoms in total. The van der Waals surface area contributed by atoms with E-state index in [2.05, 4.69) is 0 Å². The molecule has 4 rings (SSSR count). The molecule has 156 valence electrons. The molecule has 1 saturated heterocycles. The molecule has 0 atom stereocenters. The van der Waals surface area contributed by atoms with Crippen LogP contribution < -0.4 is 4.74 Å². The van der Waals surface area contributed by atoms with Crippen molar-refractivity contribution in [1.82, 2.24) is 0 Å². The van der Waals surface area contributed by atoms with E-state index in [1.165, 1.54) is 19.3 Å². The molecule has 1 aromatic rings. The Bertz CT molecular complexity index is 664. The molecule has 0 N–H and O–H groups in total. The molecule has 0 bridgehead atoms. The van der Waals surface area contributed by atoms with Crippen molar-refractivity contribution >= 4 is 0 Å². The van der Waals surface area contributed by atoms with Gasteiger partial charge in [0.15, 0.2) is 17.9 Å². The van der Waals surface area contributed by atoms with Crippen LogP contribution in [0.2, 0.25) is 0 Å². The van der Waals surface area contributed by atoms with E-state index in [9.17, 15) is 17.6 Å². The van der Waals surface area contributed by atoms with Gasteiger partial charge in [-0.15, -0.1) is 0 Å². The van der Waals surface area contributed by atoms with Crippen LogP contribution in [0.1, 0.15) is 44.9 Å². The fourth-order valence-corrected chi connectivity index (χ4v) is 4.50. The molecular formula is C21H26F4O3. The van der Waals surface area contributed by atoms with Crippen LogP contribution in [0.3, 0.4) is 0 Å². The van der Waals surface area contributed by atoms with Crippen molar-refractivity contribution in [3.05, 3.63) is 29.8 Å². The standard InChI is InChI=1S/C21H26F4O3/c22-18-9-8-17(10-19(18)23)28-21(24,25)16-6-4-14(5-7-16)20-26-11-15(12-27-20)13-2-1-3-13/h8-10,13-16,20H,1-7,11-12H2. The summed E-state index contributed by atoms with van der Waals surface area (Å²) in [5.41, 5.74) is 0. The van der Waals surface area contributed by atoms with Crippen LogP contribution in [0, 0.1) is 35.3 Å². The fraction of sp³-hybridized carbons (Fsp3) is 0.714. The SMILES string of the molecule is Fc1ccc(OC(F)(F)C2CCC(C3OCC(C4CCC4)CO3)CC2)cc1F. The summed E-state index contributed by atoms with van der Waals surface area (Å²) in [6.45, 7) is 1.40. The number of hydrogen-bond acceptors (Lipinski definition) is 3. The topological polar surface area (TPSA) is 27.7 Å². The summed E-state index contributed by atoms with van der Waals surface area (Å²) in [7, 11) is 0. The fourth-order valence-electron chi connectivity index (χ4n) is 4.50. The second kappa shape index (κ2) is 8.19. The Morgan fingerprint density at radius 2 is 1.50 bits per heavy atom. The maximum absolute atomic E-state index is 14.5. The van der Waals surface area contributed by atoms with Crippen LogP contribution in [-0.2, 0) is 9.47 Å². The van der Waals surface area contributed by atoms with Gasteiger partial charge in [-0.25, -0.2) is 8.78 Å². The summed E-state index contributed by atoms with van der Waals surface area (Å²) in [6.07, 6.45) is 1.74. The lowest BCUT2D eigenvalue weighted by molar-refractivity contribution is -0.252. The van der Waals surface area contributed by atoms with Crippen molar-refractivity contribution in [3.63, 3.8) is 0 Å². The van der Waals surface area contributed by atoms with Crippen LogP contribution in [0.5, 0.6) is 5.75 Å². The molecule has 1 heterocycles. The van der Waals surface area contributed by atoms with Gasteiger partial charge >= 0.3 is 6.11 Å². The van der Waals surface area contributed by atoms with Crippen molar-refractivity contribution < 1.29 is 31.8 Å². The minimum atomic E-state index is -3.43. The smallest absolute Gasteiger partial charge is 0.400 e. The Hall–Kier alpha value is -1.34. The molecule has 1 aromatic carbocycles. The third-order valence-corrected chi connectivity index (χ3v) is 6.54. The van der Waals surface area contributed by atoms with E-state index in [-0.39, 0.29) is 30.8 Å². The van der Waals surface area contributed by atoms with Crippen LogP contribution in [0.25, 0.3) is 0 Å². The Labute approximate surface area is 162 Å². The normalized spacial score (nSPS) is 32.0. The molecular weight excluding hydrogens is 376 g/mol. The molecule has 0 unspecified atom stereocenters. The van der Waals surface area contributed by atoms with Crippen molar-refractivity contribution in [2.75, 3.05) is 13.2 Å². The van der Waals surface area contributed by atoms with Gasteiger partial charge in [0.05, 0.1) is 19.1 Å². The zero-order valence-electron chi connectivity index (χ0n) is 15.7. The highest BCUT2D eigenvalue weighted by atomic mass is 19.3. The van der Waals surface area contributed by atoms with E-state index in [1.807, 2.05) is 0 Å². The molecule has 3 aliphatic rings. The molecule has 1 aliphatic heterocycles. The largest absolute Gasteiger partial charge is 0.432 e. The van der Waals surface area contributed by atoms with Crippen LogP contribution in [0.15, 0.2) is 18.2 Å². The van der Waals surface area contributed by atoms with Gasteiger partial charge in [-0.1, -0.05) is 19.3 Å². The van der Waals surface area contributed by atoms with Gasteiger partial charge in [-0.3, -0.25) is 0 Å². The first-order chi connectivity index (χ1) is 13.4. The van der Waals surface area contributed by atoms with Gasteiger partial charge in [0.25, 0.3) is 0 Å². The summed E-state index contributed by atoms with van der Waals surface area (Å²) in [4.78, 5) is 0. The van der Waals surface area contributed by atoms with E-state index >= 15 is 0 Å². The zero-order valence-corrected chi connectivity index (χ0v) is 15.7. The number of hydrogen-bond donors (Lipinski definition) is 0. The molecule has 2 saturated carbocycles. The lowest BCUT2D eigenvalue weighted by atomic mass is 9.76. The van der Waals surface area contributed by atoms with Crippen molar-refractivity contribution in [2.24, 2.45) is 23.7 Å². The summed E-state index contributed by atoms with van der Waals surface area (Å²) in [6, 6.07) is 2.45. The van der Waals surface area contributed by atoms with Crippen molar-refractivity contribution in [3.8, 4) is 5.75 Å². The average Bonchev–Trinajstić information content (AvgIpc) is 2.64. The second-order valence-electron chi connectivity index (χ2n) is 8.34. The third-order valence-electron chi connectivity index (χ3n) is 6.54. The number of alkyl halides is 2. The average molecular weight is 402 g/mol. The molecule has 3 fully saturated rings. The summed E-state index contributed by atoms with van der Waals surface area (Å²) < 4.78 is 71.7. The minimum absolute atomic E-state index is 0.109. The third kappa shape index (κ3) is 4.30. The van der Waals surface area contributed by atoms with Crippen molar-refractivity contribution in [2.45, 2.75) is 57.3 Å². The highest BCUT2D eigenvalue weighted by Crippen LogP contribution is 2.43. The Balaban J connectivity index is 1.26. The first kappa shape index (κ1) is 20.0. The first-order valence-electron chi connectivity index (χ1n) is 10.2. The lowest BCUT2D eigenvalue weighted by Gasteiger charge is -2.42. The Morgan fingerprint density at radius 1 is 0.821 bits per heavy atom. The van der Waals surface area contributed by atoms with Crippen LogP contribution in [0.4, 0.5) is 17.6 Å². The highest BCUT2D eigenvalue weighted by molar-refractivity contribution is 5.24. The molecule has 0 amide bonds. The summed E-state index contributed by atoms with van der Waals surface area (Å²) in [5.74, 6) is -2.35. The monoisotopic (exact) mass is 402 g/mol. The van der Waals surface area contributed by atoms with Gasteiger partial charge < -0.3 is 14.2 Å². The zero-order chi connectivity index (χ0) is 19.7. The van der Waals surface area contributed by atoms with Gasteiger partial charge in [0, 0.05) is 17.9 Å². The van der Waals surface area contributed by atoms with Gasteiger partial charge in [0.2, 0.25) is 0 Å². The van der Waals surface area contributed by atoms with Crippen molar-refractivity contribution in [1.29, 1.82) is 0 Å². The first-order valence-corrected chi connectivity index (χ1v) is 10.2. The molecule has 0 radical (unpaired) electrons. The van der Waals surface area contributed by atoms with E-state index in [0.29, 0.717) is 44.0 Å². The molecule has 0 spiro atoms. The number of ether oxygens (including phenoxy) is 3. The van der Waals surface area contributed by atoms with E-state index in [0.717, 1.165) is 12.1 Å². The minimum Gasteiger partial charge on any atom is -0.432 e. The van der Waals surface area contributed by atoms with Gasteiger partial charge in [0.1, 0.15) is 5.75 Å². The molecule has 7 heteroatoms. The maximum Gasteiger partial charge on any atom is 0.400 e. The van der Waals surface area contributed by atoms with Gasteiger partial charge in [-0.2, -0.15) is 8.78 Å². The number of rotatable bonds is 5. The van der Waals surface area contributed by atoms with Crippen LogP contribution >= 0.6 is 0 Å². The van der Waals surface area contributed by atoms with E-state index in [1.54, 1.807) is 0 Å². The summed E-state index contributed by atoms with van der Waals surface area (Å²) >= 11 is 0. The Kier molecular flexibility index (Phi) is 5.83. The second-order valence-corrected chi connectivity index (χ2v) is 8.34. The molecule has 28 heavy (non-hydrogen) atoms. The Morgan fingerprint density at radius 3 is 2.07 bits per heavy atom. The van der Waals surface area contributed by atoms with E-state index < -0.39 is 23.7 Å². The van der Waals surface area contributed by atoms with E-state index in [4.69, 9.17) is 14.2 Å². The van der Waals surface area contributed by atoms with Gasteiger partial charge in [-0.05, 0) is 43.7 Å². The predicted octanol–water partition coefficient (Wildman–Crippen LogP) is 5.53. The van der Waals surface area contributed by atoms with Crippen LogP contribution in [-0.4, -0.2) is 25.6 Å². The highest BCUT2D eigenvalue weighted by Gasteiger charge is 2.46.